The van der Waals surface area contributed by atoms with E-state index in [1.807, 2.05) is 30.3 Å². The van der Waals surface area contributed by atoms with Gasteiger partial charge in [0.05, 0.1) is 28.8 Å². The summed E-state index contributed by atoms with van der Waals surface area (Å²) in [7, 11) is -5.75. The van der Waals surface area contributed by atoms with E-state index in [1.54, 1.807) is 26.0 Å². The van der Waals surface area contributed by atoms with Gasteiger partial charge in [0.25, 0.3) is 0 Å². The number of rotatable bonds is 6. The molecule has 1 heterocycles. The molecule has 0 spiro atoms. The maximum Gasteiger partial charge on any atom is 0.184 e. The topological polar surface area (TPSA) is 89.5 Å². The third kappa shape index (κ3) is 4.24. The van der Waals surface area contributed by atoms with E-state index >= 15 is 0 Å². The molecule has 0 amide bonds. The van der Waals surface area contributed by atoms with Gasteiger partial charge in [0.15, 0.2) is 19.7 Å². The van der Waals surface area contributed by atoms with Gasteiger partial charge in [0.1, 0.15) is 5.75 Å². The molecule has 0 radical (unpaired) electrons. The van der Waals surface area contributed by atoms with Crippen molar-refractivity contribution in [2.45, 2.75) is 36.6 Å². The predicted molar refractivity (Wildman–Crippen MR) is 109 cm³/mol. The van der Waals surface area contributed by atoms with E-state index in [0.29, 0.717) is 23.4 Å². The lowest BCUT2D eigenvalue weighted by molar-refractivity contribution is 0.411. The molecule has 2 aromatic carbocycles. The minimum Gasteiger partial charge on any atom is -0.496 e. The molecule has 152 valence electrons. The molecule has 1 N–H and O–H groups in total. The van der Waals surface area contributed by atoms with Gasteiger partial charge in [-0.05, 0) is 42.7 Å². The number of hydrogen-bond donors (Lipinski definition) is 1. The standard InChI is InChI=1S/C20H25NO5S2/c1-14-10-19(15(2)9-18(14)26-3)28(24,25)20-13-27(22,23)12-17(20)21-11-16-7-5-4-6-8-16/h4-10,17,20-21H,11-13H2,1-3H3/t17-,20-/m0/s1. The largest absolute Gasteiger partial charge is 0.496 e. The van der Waals surface area contributed by atoms with E-state index in [-0.39, 0.29) is 16.4 Å². The Labute approximate surface area is 166 Å². The van der Waals surface area contributed by atoms with Crippen molar-refractivity contribution in [1.82, 2.24) is 5.32 Å². The average molecular weight is 424 g/mol. The third-order valence-electron chi connectivity index (χ3n) is 5.11. The molecule has 0 unspecified atom stereocenters. The number of aryl methyl sites for hydroxylation is 2. The Morgan fingerprint density at radius 2 is 1.75 bits per heavy atom. The van der Waals surface area contributed by atoms with Gasteiger partial charge in [-0.3, -0.25) is 0 Å². The van der Waals surface area contributed by atoms with Gasteiger partial charge in [-0.25, -0.2) is 16.8 Å². The maximum absolute atomic E-state index is 13.4. The Morgan fingerprint density at radius 3 is 2.39 bits per heavy atom. The quantitative estimate of drug-likeness (QED) is 0.765. The first kappa shape index (κ1) is 20.8. The highest BCUT2D eigenvalue weighted by atomic mass is 32.2. The van der Waals surface area contributed by atoms with Gasteiger partial charge in [-0.2, -0.15) is 0 Å². The molecule has 0 aromatic heterocycles. The monoisotopic (exact) mass is 423 g/mol. The number of hydrogen-bond acceptors (Lipinski definition) is 6. The summed E-state index contributed by atoms with van der Waals surface area (Å²) in [4.78, 5) is 0.166. The van der Waals surface area contributed by atoms with Crippen molar-refractivity contribution in [3.63, 3.8) is 0 Å². The second-order valence-corrected chi connectivity index (χ2v) is 11.5. The molecule has 1 aliphatic heterocycles. The Morgan fingerprint density at radius 1 is 1.07 bits per heavy atom. The van der Waals surface area contributed by atoms with E-state index in [9.17, 15) is 16.8 Å². The molecule has 0 saturated carbocycles. The smallest absolute Gasteiger partial charge is 0.184 e. The number of methoxy groups -OCH3 is 1. The highest BCUT2D eigenvalue weighted by Crippen LogP contribution is 2.31. The molecule has 28 heavy (non-hydrogen) atoms. The van der Waals surface area contributed by atoms with Crippen molar-refractivity contribution in [1.29, 1.82) is 0 Å². The SMILES string of the molecule is COc1cc(C)c(S(=O)(=O)[C@H]2CS(=O)(=O)C[C@@H]2NCc2ccccc2)cc1C. The van der Waals surface area contributed by atoms with Crippen LogP contribution in [0, 0.1) is 13.8 Å². The summed E-state index contributed by atoms with van der Waals surface area (Å²) in [6, 6.07) is 12.1. The second-order valence-electron chi connectivity index (χ2n) is 7.22. The van der Waals surface area contributed by atoms with Crippen LogP contribution in [0.3, 0.4) is 0 Å². The fourth-order valence-corrected chi connectivity index (χ4v) is 8.64. The van der Waals surface area contributed by atoms with Crippen LogP contribution in [0.4, 0.5) is 0 Å². The third-order valence-corrected chi connectivity index (χ3v) is 9.40. The van der Waals surface area contributed by atoms with Gasteiger partial charge in [0.2, 0.25) is 0 Å². The molecular weight excluding hydrogens is 398 g/mol. The van der Waals surface area contributed by atoms with Gasteiger partial charge < -0.3 is 10.1 Å². The zero-order valence-electron chi connectivity index (χ0n) is 16.2. The van der Waals surface area contributed by atoms with Gasteiger partial charge in [0, 0.05) is 12.6 Å². The number of benzene rings is 2. The van der Waals surface area contributed by atoms with Crippen LogP contribution < -0.4 is 10.1 Å². The van der Waals surface area contributed by atoms with E-state index < -0.39 is 31.0 Å². The van der Waals surface area contributed by atoms with Crippen molar-refractivity contribution in [3.05, 3.63) is 59.2 Å². The van der Waals surface area contributed by atoms with E-state index in [4.69, 9.17) is 4.74 Å². The highest BCUT2D eigenvalue weighted by Gasteiger charge is 2.46. The Kier molecular flexibility index (Phi) is 5.84. The lowest BCUT2D eigenvalue weighted by Gasteiger charge is -2.21. The van der Waals surface area contributed by atoms with Crippen LogP contribution in [-0.4, -0.2) is 46.7 Å². The summed E-state index contributed by atoms with van der Waals surface area (Å²) >= 11 is 0. The Hall–Kier alpha value is -1.90. The van der Waals surface area contributed by atoms with E-state index in [0.717, 1.165) is 5.56 Å². The summed E-state index contributed by atoms with van der Waals surface area (Å²) < 4.78 is 56.5. The molecule has 1 saturated heterocycles. The zero-order valence-corrected chi connectivity index (χ0v) is 17.8. The molecule has 0 bridgehead atoms. The molecular formula is C20H25NO5S2. The van der Waals surface area contributed by atoms with Crippen molar-refractivity contribution < 1.29 is 21.6 Å². The van der Waals surface area contributed by atoms with Crippen LogP contribution in [0.2, 0.25) is 0 Å². The lowest BCUT2D eigenvalue weighted by atomic mass is 10.1. The highest BCUT2D eigenvalue weighted by molar-refractivity contribution is 7.96. The second kappa shape index (κ2) is 7.85. The predicted octanol–water partition coefficient (Wildman–Crippen LogP) is 2.04. The molecule has 2 aromatic rings. The average Bonchev–Trinajstić information content (AvgIpc) is 2.97. The number of ether oxygens (including phenoxy) is 1. The van der Waals surface area contributed by atoms with E-state index in [1.165, 1.54) is 7.11 Å². The summed E-state index contributed by atoms with van der Waals surface area (Å²) in [6.45, 7) is 3.88. The zero-order chi connectivity index (χ0) is 20.5. The maximum atomic E-state index is 13.4. The van der Waals surface area contributed by atoms with Crippen LogP contribution in [0.1, 0.15) is 16.7 Å². The fourth-order valence-electron chi connectivity index (χ4n) is 3.61. The first-order valence-electron chi connectivity index (χ1n) is 9.01. The summed E-state index contributed by atoms with van der Waals surface area (Å²) in [5.41, 5.74) is 2.22. The Bertz CT molecular complexity index is 1060. The van der Waals surface area contributed by atoms with Crippen LogP contribution in [0.15, 0.2) is 47.4 Å². The van der Waals surface area contributed by atoms with Gasteiger partial charge in [-0.15, -0.1) is 0 Å². The van der Waals surface area contributed by atoms with Crippen LogP contribution in [-0.2, 0) is 26.2 Å². The van der Waals surface area contributed by atoms with Gasteiger partial charge in [-0.1, -0.05) is 30.3 Å². The molecule has 6 nitrogen and oxygen atoms in total. The normalized spacial score (nSPS) is 21.5. The van der Waals surface area contributed by atoms with Gasteiger partial charge >= 0.3 is 0 Å². The van der Waals surface area contributed by atoms with Crippen molar-refractivity contribution >= 4 is 19.7 Å². The first-order valence-corrected chi connectivity index (χ1v) is 12.4. The van der Waals surface area contributed by atoms with E-state index in [2.05, 4.69) is 5.32 Å². The van der Waals surface area contributed by atoms with Crippen molar-refractivity contribution in [2.24, 2.45) is 0 Å². The number of sulfone groups is 2. The minimum atomic E-state index is -3.84. The molecule has 2 atom stereocenters. The summed E-state index contributed by atoms with van der Waals surface area (Å²) in [5, 5.41) is 2.13. The fraction of sp³-hybridized carbons (Fsp3) is 0.400. The van der Waals surface area contributed by atoms with Crippen LogP contribution in [0.25, 0.3) is 0 Å². The number of nitrogens with one attached hydrogen (secondary N) is 1. The summed E-state index contributed by atoms with van der Waals surface area (Å²) in [6.07, 6.45) is 0. The molecule has 3 rings (SSSR count). The molecule has 1 fully saturated rings. The Balaban J connectivity index is 1.93. The molecule has 0 aliphatic carbocycles. The lowest BCUT2D eigenvalue weighted by Crippen LogP contribution is -2.43. The first-order chi connectivity index (χ1) is 13.1. The van der Waals surface area contributed by atoms with Crippen molar-refractivity contribution in [2.75, 3.05) is 18.6 Å². The van der Waals surface area contributed by atoms with Crippen molar-refractivity contribution in [3.8, 4) is 5.75 Å². The molecule has 8 heteroatoms. The summed E-state index contributed by atoms with van der Waals surface area (Å²) in [5.74, 6) is 0.0544. The van der Waals surface area contributed by atoms with Crippen LogP contribution in [0.5, 0.6) is 5.75 Å². The molecule has 1 aliphatic rings. The van der Waals surface area contributed by atoms with Crippen LogP contribution >= 0.6 is 0 Å². The minimum absolute atomic E-state index is 0.166.